The first kappa shape index (κ1) is 43.9. The molecule has 2 unspecified atom stereocenters. The second kappa shape index (κ2) is 25.2. The van der Waals surface area contributed by atoms with E-state index in [1.54, 1.807) is 0 Å². The van der Waals surface area contributed by atoms with Crippen molar-refractivity contribution >= 4 is 23.9 Å². The third-order valence-electron chi connectivity index (χ3n) is 10.8. The second-order valence-corrected chi connectivity index (χ2v) is 15.3. The van der Waals surface area contributed by atoms with Gasteiger partial charge in [0.2, 0.25) is 0 Å². The Morgan fingerprint density at radius 2 is 0.707 bits per heavy atom. The van der Waals surface area contributed by atoms with Gasteiger partial charge < -0.3 is 18.9 Å². The van der Waals surface area contributed by atoms with Gasteiger partial charge in [0, 0.05) is 12.8 Å². The van der Waals surface area contributed by atoms with Crippen LogP contribution < -0.4 is 0 Å². The minimum atomic E-state index is -0.453. The van der Waals surface area contributed by atoms with Crippen molar-refractivity contribution in [2.45, 2.75) is 115 Å². The third-order valence-corrected chi connectivity index (χ3v) is 10.8. The lowest BCUT2D eigenvalue weighted by atomic mass is 9.79. The summed E-state index contributed by atoms with van der Waals surface area (Å²) in [5.74, 6) is -1.93. The van der Waals surface area contributed by atoms with Crippen molar-refractivity contribution in [2.24, 2.45) is 11.8 Å². The van der Waals surface area contributed by atoms with E-state index in [2.05, 4.69) is 0 Å². The van der Waals surface area contributed by atoms with Gasteiger partial charge in [0.05, 0.1) is 25.0 Å². The van der Waals surface area contributed by atoms with E-state index < -0.39 is 24.0 Å². The molecule has 4 aromatic rings. The summed E-state index contributed by atoms with van der Waals surface area (Å²) in [4.78, 5) is 51.5. The number of unbranched alkanes of at least 4 members (excludes halogenated alkanes) is 8. The average molecular weight is 789 g/mol. The fourth-order valence-electron chi connectivity index (χ4n) is 7.61. The molecule has 58 heavy (non-hydrogen) atoms. The quantitative estimate of drug-likeness (QED) is 0.0393. The maximum absolute atomic E-state index is 13.0. The summed E-state index contributed by atoms with van der Waals surface area (Å²) >= 11 is 0. The lowest BCUT2D eigenvalue weighted by molar-refractivity contribution is -0.163. The van der Waals surface area contributed by atoms with Crippen LogP contribution in [0.2, 0.25) is 0 Å². The number of carbonyl (C=O) groups is 4. The monoisotopic (exact) mass is 788 g/mol. The molecule has 0 spiro atoms. The molecule has 1 saturated carbocycles. The topological polar surface area (TPSA) is 105 Å². The van der Waals surface area contributed by atoms with Crippen LogP contribution in [0.4, 0.5) is 0 Å². The minimum Gasteiger partial charge on any atom is -0.465 e. The summed E-state index contributed by atoms with van der Waals surface area (Å²) in [6, 6.07) is 39.2. The van der Waals surface area contributed by atoms with Crippen LogP contribution in [0, 0.1) is 11.8 Å². The van der Waals surface area contributed by atoms with E-state index >= 15 is 0 Å². The van der Waals surface area contributed by atoms with Gasteiger partial charge in [0.25, 0.3) is 0 Å². The van der Waals surface area contributed by atoms with Gasteiger partial charge in [-0.05, 0) is 60.8 Å². The molecule has 1 aliphatic rings. The van der Waals surface area contributed by atoms with Crippen LogP contribution in [-0.2, 0) is 38.1 Å². The number of carbonyl (C=O) groups excluding carboxylic acids is 4. The highest BCUT2D eigenvalue weighted by molar-refractivity contribution is 5.82. The van der Waals surface area contributed by atoms with Gasteiger partial charge in [-0.15, -0.1) is 0 Å². The molecule has 0 aliphatic heterocycles. The molecule has 0 saturated heterocycles. The zero-order valence-electron chi connectivity index (χ0n) is 33.9. The molecule has 2 atom stereocenters. The number of ether oxygens (including phenoxy) is 4. The predicted molar refractivity (Wildman–Crippen MR) is 224 cm³/mol. The number of hydrogen-bond acceptors (Lipinski definition) is 8. The molecule has 5 rings (SSSR count). The fraction of sp³-hybridized carbons (Fsp3) is 0.440. The molecule has 4 aromatic carbocycles. The standard InChI is InChI=1S/C50H60O8/c51-45(57-47(39-25-11-7-12-26-39)40-27-13-8-14-28-40)35-19-3-1-5-23-37-55-49(53)43-33-21-22-34-44(43)50(54)56-38-24-6-2-4-20-36-46(52)58-48(41-29-15-9-16-30-41)42-31-17-10-18-32-42/h7-18,25-32,43-44,47-48H,1-6,19-24,33-38H2. The van der Waals surface area contributed by atoms with E-state index in [9.17, 15) is 19.2 Å². The number of rotatable bonds is 24. The van der Waals surface area contributed by atoms with Crippen LogP contribution in [-0.4, -0.2) is 37.1 Å². The van der Waals surface area contributed by atoms with Gasteiger partial charge in [0.1, 0.15) is 0 Å². The molecule has 1 fully saturated rings. The van der Waals surface area contributed by atoms with Crippen molar-refractivity contribution in [2.75, 3.05) is 13.2 Å². The summed E-state index contributed by atoms with van der Waals surface area (Å²) in [7, 11) is 0. The molecular formula is C50H60O8. The SMILES string of the molecule is O=C(CCCCCCCOC(=O)C1CCCCC1C(=O)OCCCCCCCC(=O)OC(c1ccccc1)c1ccccc1)OC(c1ccccc1)c1ccccc1. The second-order valence-electron chi connectivity index (χ2n) is 15.3. The van der Waals surface area contributed by atoms with Gasteiger partial charge in [-0.25, -0.2) is 0 Å². The van der Waals surface area contributed by atoms with E-state index in [4.69, 9.17) is 18.9 Å². The lowest BCUT2D eigenvalue weighted by Crippen LogP contribution is -2.35. The van der Waals surface area contributed by atoms with E-state index in [0.717, 1.165) is 99.3 Å². The van der Waals surface area contributed by atoms with Crippen molar-refractivity contribution in [1.82, 2.24) is 0 Å². The minimum absolute atomic E-state index is 0.212. The molecule has 8 nitrogen and oxygen atoms in total. The van der Waals surface area contributed by atoms with Gasteiger partial charge in [0.15, 0.2) is 12.2 Å². The van der Waals surface area contributed by atoms with E-state index in [-0.39, 0.29) is 23.9 Å². The first-order chi connectivity index (χ1) is 28.5. The lowest BCUT2D eigenvalue weighted by Gasteiger charge is -2.28. The maximum atomic E-state index is 13.0. The summed E-state index contributed by atoms with van der Waals surface area (Å²) < 4.78 is 23.1. The number of benzene rings is 4. The van der Waals surface area contributed by atoms with Crippen LogP contribution in [0.15, 0.2) is 121 Å². The van der Waals surface area contributed by atoms with Crippen LogP contribution >= 0.6 is 0 Å². The zero-order chi connectivity index (χ0) is 40.6. The molecule has 0 aromatic heterocycles. The van der Waals surface area contributed by atoms with Crippen molar-refractivity contribution in [3.05, 3.63) is 144 Å². The molecular weight excluding hydrogens is 729 g/mol. The summed E-state index contributed by atoms with van der Waals surface area (Å²) in [6.07, 6.45) is 11.3. The Bertz CT molecular complexity index is 1570. The van der Waals surface area contributed by atoms with Crippen LogP contribution in [0.3, 0.4) is 0 Å². The molecule has 0 amide bonds. The molecule has 1 aliphatic carbocycles. The van der Waals surface area contributed by atoms with Crippen molar-refractivity contribution < 1.29 is 38.1 Å². The smallest absolute Gasteiger partial charge is 0.309 e. The maximum Gasteiger partial charge on any atom is 0.309 e. The largest absolute Gasteiger partial charge is 0.465 e. The Balaban J connectivity index is 0.894. The summed E-state index contributed by atoms with van der Waals surface area (Å²) in [5.41, 5.74) is 3.78. The molecule has 0 radical (unpaired) electrons. The highest BCUT2D eigenvalue weighted by Crippen LogP contribution is 2.33. The molecule has 0 heterocycles. The Hall–Kier alpha value is -5.24. The fourth-order valence-corrected chi connectivity index (χ4v) is 7.61. The molecule has 308 valence electrons. The highest BCUT2D eigenvalue weighted by Gasteiger charge is 2.37. The van der Waals surface area contributed by atoms with E-state index in [1.807, 2.05) is 121 Å². The van der Waals surface area contributed by atoms with Crippen LogP contribution in [0.1, 0.15) is 137 Å². The molecule has 8 heteroatoms. The Morgan fingerprint density at radius 1 is 0.414 bits per heavy atom. The van der Waals surface area contributed by atoms with Crippen LogP contribution in [0.25, 0.3) is 0 Å². The van der Waals surface area contributed by atoms with E-state index in [1.165, 1.54) is 0 Å². The zero-order valence-corrected chi connectivity index (χ0v) is 33.9. The van der Waals surface area contributed by atoms with Gasteiger partial charge in [-0.3, -0.25) is 19.2 Å². The molecule has 0 bridgehead atoms. The van der Waals surface area contributed by atoms with Crippen molar-refractivity contribution in [1.29, 1.82) is 0 Å². The van der Waals surface area contributed by atoms with Crippen LogP contribution in [0.5, 0.6) is 0 Å². The third kappa shape index (κ3) is 14.9. The Labute approximate surface area is 344 Å². The van der Waals surface area contributed by atoms with Gasteiger partial charge in [-0.1, -0.05) is 173 Å². The predicted octanol–water partition coefficient (Wildman–Crippen LogP) is 11.2. The Morgan fingerprint density at radius 3 is 1.03 bits per heavy atom. The van der Waals surface area contributed by atoms with Crippen molar-refractivity contribution in [3.8, 4) is 0 Å². The number of esters is 4. The van der Waals surface area contributed by atoms with Crippen molar-refractivity contribution in [3.63, 3.8) is 0 Å². The van der Waals surface area contributed by atoms with E-state index in [0.29, 0.717) is 38.9 Å². The normalized spacial score (nSPS) is 15.1. The first-order valence-corrected chi connectivity index (χ1v) is 21.4. The Kier molecular flexibility index (Phi) is 19.1. The number of hydrogen-bond donors (Lipinski definition) is 0. The van der Waals surface area contributed by atoms with Gasteiger partial charge >= 0.3 is 23.9 Å². The summed E-state index contributed by atoms with van der Waals surface area (Å²) in [6.45, 7) is 0.653. The van der Waals surface area contributed by atoms with Gasteiger partial charge in [-0.2, -0.15) is 0 Å². The summed E-state index contributed by atoms with van der Waals surface area (Å²) in [5, 5.41) is 0. The highest BCUT2D eigenvalue weighted by atomic mass is 16.6. The molecule has 0 N–H and O–H groups in total. The average Bonchev–Trinajstić information content (AvgIpc) is 3.27. The first-order valence-electron chi connectivity index (χ1n) is 21.4.